The Hall–Kier alpha value is -1.10. The maximum Gasteiger partial charge on any atom is 0.166 e. The van der Waals surface area contributed by atoms with E-state index in [9.17, 15) is 0 Å². The molecule has 5 heteroatoms. The smallest absolute Gasteiger partial charge is 0.166 e. The van der Waals surface area contributed by atoms with Crippen LogP contribution in [0.1, 0.15) is 20.3 Å². The van der Waals surface area contributed by atoms with E-state index in [-0.39, 0.29) is 6.10 Å². The van der Waals surface area contributed by atoms with Crippen molar-refractivity contribution in [3.8, 4) is 0 Å². The van der Waals surface area contributed by atoms with Gasteiger partial charge in [0.15, 0.2) is 5.82 Å². The Labute approximate surface area is 71.5 Å². The second-order valence-corrected chi connectivity index (χ2v) is 2.70. The lowest BCUT2D eigenvalue weighted by Crippen LogP contribution is -2.11. The monoisotopic (exact) mass is 170 g/mol. The zero-order valence-corrected chi connectivity index (χ0v) is 7.40. The topological polar surface area (TPSA) is 66.0 Å². The molecule has 0 saturated heterocycles. The Balaban J connectivity index is 2.33. The van der Waals surface area contributed by atoms with Crippen molar-refractivity contribution < 1.29 is 4.74 Å². The third-order valence-corrected chi connectivity index (χ3v) is 1.62. The Morgan fingerprint density at radius 2 is 2.50 bits per heavy atom. The second kappa shape index (κ2) is 4.06. The predicted molar refractivity (Wildman–Crippen MR) is 45.3 cm³/mol. The first-order valence-electron chi connectivity index (χ1n) is 3.99. The molecule has 1 heterocycles. The van der Waals surface area contributed by atoms with Crippen LogP contribution in [-0.4, -0.2) is 21.1 Å². The number of hydrogen-bond donors (Lipinski definition) is 1. The number of hydrogen-bond acceptors (Lipinski definition) is 4. The standard InChI is InChI=1S/C7H14N4O/c1-3-6(2)12-5-11-4-7(8)9-10-11/h4,6H,3,5,8H2,1-2H3. The van der Waals surface area contributed by atoms with Gasteiger partial charge in [0, 0.05) is 0 Å². The van der Waals surface area contributed by atoms with E-state index >= 15 is 0 Å². The second-order valence-electron chi connectivity index (χ2n) is 2.70. The molecule has 0 spiro atoms. The van der Waals surface area contributed by atoms with E-state index in [2.05, 4.69) is 17.2 Å². The van der Waals surface area contributed by atoms with E-state index in [4.69, 9.17) is 10.5 Å². The highest BCUT2D eigenvalue weighted by Gasteiger charge is 1.99. The molecular formula is C7H14N4O. The fourth-order valence-electron chi connectivity index (χ4n) is 0.698. The molecule has 0 fully saturated rings. The van der Waals surface area contributed by atoms with Crippen molar-refractivity contribution in [1.29, 1.82) is 0 Å². The molecule has 0 aliphatic heterocycles. The van der Waals surface area contributed by atoms with Crippen LogP contribution < -0.4 is 5.73 Å². The van der Waals surface area contributed by atoms with Gasteiger partial charge in [0.25, 0.3) is 0 Å². The predicted octanol–water partition coefficient (Wildman–Crippen LogP) is 0.633. The first kappa shape index (κ1) is 8.99. The van der Waals surface area contributed by atoms with E-state index in [1.165, 1.54) is 0 Å². The molecule has 1 unspecified atom stereocenters. The van der Waals surface area contributed by atoms with Crippen molar-refractivity contribution in [3.05, 3.63) is 6.20 Å². The average molecular weight is 170 g/mol. The normalized spacial score (nSPS) is 13.2. The van der Waals surface area contributed by atoms with Crippen LogP contribution in [0.3, 0.4) is 0 Å². The summed E-state index contributed by atoms with van der Waals surface area (Å²) in [6.45, 7) is 4.50. The zero-order chi connectivity index (χ0) is 8.97. The van der Waals surface area contributed by atoms with Gasteiger partial charge in [-0.1, -0.05) is 12.1 Å². The summed E-state index contributed by atoms with van der Waals surface area (Å²) in [6.07, 6.45) is 2.88. The molecule has 5 nitrogen and oxygen atoms in total. The van der Waals surface area contributed by atoms with Gasteiger partial charge in [0.05, 0.1) is 12.3 Å². The van der Waals surface area contributed by atoms with Crippen LogP contribution in [0, 0.1) is 0 Å². The Bertz CT molecular complexity index is 235. The number of rotatable bonds is 4. The number of ether oxygens (including phenoxy) is 1. The van der Waals surface area contributed by atoms with Crippen molar-refractivity contribution in [1.82, 2.24) is 15.0 Å². The minimum absolute atomic E-state index is 0.246. The van der Waals surface area contributed by atoms with Crippen molar-refractivity contribution in [3.63, 3.8) is 0 Å². The van der Waals surface area contributed by atoms with Crippen LogP contribution in [0.5, 0.6) is 0 Å². The van der Waals surface area contributed by atoms with Crippen molar-refractivity contribution in [2.24, 2.45) is 0 Å². The molecule has 0 radical (unpaired) electrons. The molecule has 1 aromatic heterocycles. The first-order valence-corrected chi connectivity index (χ1v) is 3.99. The molecule has 1 rings (SSSR count). The van der Waals surface area contributed by atoms with Crippen molar-refractivity contribution in [2.75, 3.05) is 5.73 Å². The maximum absolute atomic E-state index is 5.40. The fourth-order valence-corrected chi connectivity index (χ4v) is 0.698. The number of nitrogens with zero attached hydrogens (tertiary/aromatic N) is 3. The maximum atomic E-state index is 5.40. The number of anilines is 1. The van der Waals surface area contributed by atoms with E-state index in [1.54, 1.807) is 10.9 Å². The Kier molecular flexibility index (Phi) is 3.04. The van der Waals surface area contributed by atoms with Crippen LogP contribution in [-0.2, 0) is 11.5 Å². The minimum Gasteiger partial charge on any atom is -0.381 e. The molecular weight excluding hydrogens is 156 g/mol. The van der Waals surface area contributed by atoms with Crippen LogP contribution in [0.2, 0.25) is 0 Å². The number of nitrogen functional groups attached to an aromatic ring is 1. The van der Waals surface area contributed by atoms with Crippen LogP contribution in [0.4, 0.5) is 5.82 Å². The lowest BCUT2D eigenvalue weighted by atomic mass is 10.3. The molecule has 68 valence electrons. The third kappa shape index (κ3) is 2.50. The molecule has 12 heavy (non-hydrogen) atoms. The summed E-state index contributed by atoms with van der Waals surface area (Å²) in [6, 6.07) is 0. The Morgan fingerprint density at radius 3 is 3.00 bits per heavy atom. The molecule has 2 N–H and O–H groups in total. The van der Waals surface area contributed by atoms with Gasteiger partial charge in [-0.2, -0.15) is 0 Å². The van der Waals surface area contributed by atoms with Gasteiger partial charge in [-0.3, -0.25) is 0 Å². The van der Waals surface area contributed by atoms with Gasteiger partial charge >= 0.3 is 0 Å². The van der Waals surface area contributed by atoms with E-state index < -0.39 is 0 Å². The summed E-state index contributed by atoms with van der Waals surface area (Å²) in [7, 11) is 0. The highest BCUT2D eigenvalue weighted by molar-refractivity contribution is 5.19. The van der Waals surface area contributed by atoms with E-state index in [0.717, 1.165) is 6.42 Å². The molecule has 0 bridgehead atoms. The quantitative estimate of drug-likeness (QED) is 0.719. The first-order chi connectivity index (χ1) is 5.72. The minimum atomic E-state index is 0.246. The summed E-state index contributed by atoms with van der Waals surface area (Å²) >= 11 is 0. The van der Waals surface area contributed by atoms with Gasteiger partial charge in [0.1, 0.15) is 6.73 Å². The Morgan fingerprint density at radius 1 is 1.75 bits per heavy atom. The summed E-state index contributed by atoms with van der Waals surface area (Å²) in [5.74, 6) is 0.419. The van der Waals surface area contributed by atoms with Gasteiger partial charge in [-0.15, -0.1) is 5.10 Å². The van der Waals surface area contributed by atoms with Gasteiger partial charge in [0.2, 0.25) is 0 Å². The molecule has 0 aliphatic rings. The SMILES string of the molecule is CCC(C)OCn1cc(N)nn1. The third-order valence-electron chi connectivity index (χ3n) is 1.62. The average Bonchev–Trinajstić information content (AvgIpc) is 2.47. The van der Waals surface area contributed by atoms with Crippen molar-refractivity contribution >= 4 is 5.82 Å². The lowest BCUT2D eigenvalue weighted by Gasteiger charge is -2.08. The largest absolute Gasteiger partial charge is 0.381 e. The molecule has 0 aliphatic carbocycles. The van der Waals surface area contributed by atoms with Crippen LogP contribution >= 0.6 is 0 Å². The highest BCUT2D eigenvalue weighted by Crippen LogP contribution is 1.98. The summed E-state index contributed by atoms with van der Waals surface area (Å²) in [5, 5.41) is 7.37. The van der Waals surface area contributed by atoms with Crippen LogP contribution in [0.15, 0.2) is 6.20 Å². The molecule has 0 aromatic carbocycles. The molecule has 1 aromatic rings. The molecule has 0 saturated carbocycles. The van der Waals surface area contributed by atoms with Crippen LogP contribution in [0.25, 0.3) is 0 Å². The van der Waals surface area contributed by atoms with E-state index in [1.807, 2.05) is 6.92 Å². The highest BCUT2D eigenvalue weighted by atomic mass is 16.5. The molecule has 1 atom stereocenters. The fraction of sp³-hybridized carbons (Fsp3) is 0.714. The van der Waals surface area contributed by atoms with Gasteiger partial charge in [-0.05, 0) is 13.3 Å². The number of aromatic nitrogens is 3. The molecule has 0 amide bonds. The summed E-state index contributed by atoms with van der Waals surface area (Å²) in [5.41, 5.74) is 5.37. The zero-order valence-electron chi connectivity index (χ0n) is 7.40. The summed E-state index contributed by atoms with van der Waals surface area (Å²) < 4.78 is 6.97. The summed E-state index contributed by atoms with van der Waals surface area (Å²) in [4.78, 5) is 0. The van der Waals surface area contributed by atoms with E-state index in [0.29, 0.717) is 12.5 Å². The lowest BCUT2D eigenvalue weighted by molar-refractivity contribution is 0.00900. The van der Waals surface area contributed by atoms with Gasteiger partial charge in [-0.25, -0.2) is 4.68 Å². The van der Waals surface area contributed by atoms with Crippen molar-refractivity contribution in [2.45, 2.75) is 33.1 Å². The van der Waals surface area contributed by atoms with Gasteiger partial charge < -0.3 is 10.5 Å². The number of nitrogens with two attached hydrogens (primary N) is 1.